The van der Waals surface area contributed by atoms with Crippen LogP contribution in [0.25, 0.3) is 0 Å². The van der Waals surface area contributed by atoms with Crippen molar-refractivity contribution in [3.63, 3.8) is 0 Å². The molecule has 0 unspecified atom stereocenters. The molecule has 1 heterocycles. The smallest absolute Gasteiger partial charge is 0.119 e. The first-order valence-electron chi connectivity index (χ1n) is 8.52. The van der Waals surface area contributed by atoms with E-state index in [4.69, 9.17) is 4.74 Å². The predicted molar refractivity (Wildman–Crippen MR) is 90.5 cm³/mol. The lowest BCUT2D eigenvalue weighted by Gasteiger charge is -2.09. The molecule has 5 nitrogen and oxygen atoms in total. The molecule has 1 N–H and O–H groups in total. The number of nitrogens with zero attached hydrogens (tertiary/aromatic N) is 3. The third kappa shape index (κ3) is 5.06. The summed E-state index contributed by atoms with van der Waals surface area (Å²) in [5.41, 5.74) is 3.08. The molecule has 0 aliphatic rings. The van der Waals surface area contributed by atoms with Crippen molar-refractivity contribution >= 4 is 0 Å². The fourth-order valence-electron chi connectivity index (χ4n) is 2.51. The number of rotatable bonds is 10. The van der Waals surface area contributed by atoms with Crippen LogP contribution in [0.3, 0.4) is 0 Å². The highest BCUT2D eigenvalue weighted by molar-refractivity contribution is 5.27. The number of aliphatic hydroxyl groups is 1. The summed E-state index contributed by atoms with van der Waals surface area (Å²) in [4.78, 5) is 0. The molecule has 23 heavy (non-hydrogen) atoms. The van der Waals surface area contributed by atoms with E-state index in [1.54, 1.807) is 0 Å². The summed E-state index contributed by atoms with van der Waals surface area (Å²) in [6.45, 7) is 5.67. The molecule has 0 bridgehead atoms. The van der Waals surface area contributed by atoms with Crippen LogP contribution in [0.2, 0.25) is 0 Å². The van der Waals surface area contributed by atoms with E-state index in [0.29, 0.717) is 12.3 Å². The number of aryl methyl sites for hydroxylation is 2. The van der Waals surface area contributed by atoms with Gasteiger partial charge in [-0.1, -0.05) is 37.6 Å². The molecule has 0 aliphatic carbocycles. The van der Waals surface area contributed by atoms with E-state index in [-0.39, 0.29) is 6.61 Å². The van der Waals surface area contributed by atoms with Gasteiger partial charge in [-0.3, -0.25) is 0 Å². The SMILES string of the molecule is CCCCc1c(CO)nnn1CCCOc1ccc(CC)cc1. The Bertz CT molecular complexity index is 578. The molecule has 1 aromatic carbocycles. The van der Waals surface area contributed by atoms with Gasteiger partial charge in [-0.05, 0) is 37.0 Å². The zero-order valence-electron chi connectivity index (χ0n) is 14.2. The van der Waals surface area contributed by atoms with E-state index in [9.17, 15) is 5.11 Å². The van der Waals surface area contributed by atoms with Gasteiger partial charge in [0.05, 0.1) is 18.9 Å². The Balaban J connectivity index is 1.82. The maximum Gasteiger partial charge on any atom is 0.119 e. The molecule has 126 valence electrons. The largest absolute Gasteiger partial charge is 0.494 e. The van der Waals surface area contributed by atoms with Crippen molar-refractivity contribution < 1.29 is 9.84 Å². The number of benzene rings is 1. The number of aromatic nitrogens is 3. The van der Waals surface area contributed by atoms with E-state index in [1.165, 1.54) is 5.56 Å². The Kier molecular flexibility index (Phi) is 7.07. The van der Waals surface area contributed by atoms with Crippen LogP contribution in [0, 0.1) is 0 Å². The Morgan fingerprint density at radius 1 is 1.13 bits per heavy atom. The van der Waals surface area contributed by atoms with E-state index in [1.807, 2.05) is 16.8 Å². The van der Waals surface area contributed by atoms with Crippen LogP contribution in [0.5, 0.6) is 5.75 Å². The maximum atomic E-state index is 9.35. The predicted octanol–water partition coefficient (Wildman–Crippen LogP) is 3.14. The van der Waals surface area contributed by atoms with Crippen molar-refractivity contribution in [1.82, 2.24) is 15.0 Å². The highest BCUT2D eigenvalue weighted by Gasteiger charge is 2.11. The number of hydrogen-bond acceptors (Lipinski definition) is 4. The van der Waals surface area contributed by atoms with E-state index < -0.39 is 0 Å². The van der Waals surface area contributed by atoms with Crippen LogP contribution >= 0.6 is 0 Å². The molecule has 0 saturated carbocycles. The molecule has 5 heteroatoms. The van der Waals surface area contributed by atoms with Crippen LogP contribution in [0.15, 0.2) is 24.3 Å². The number of ether oxygens (including phenoxy) is 1. The van der Waals surface area contributed by atoms with E-state index >= 15 is 0 Å². The fourth-order valence-corrected chi connectivity index (χ4v) is 2.51. The van der Waals surface area contributed by atoms with Gasteiger partial charge >= 0.3 is 0 Å². The van der Waals surface area contributed by atoms with Crippen LogP contribution in [-0.4, -0.2) is 26.7 Å². The van der Waals surface area contributed by atoms with E-state index in [2.05, 4.69) is 36.3 Å². The van der Waals surface area contributed by atoms with Gasteiger partial charge in [0, 0.05) is 13.0 Å². The van der Waals surface area contributed by atoms with Crippen LogP contribution in [0.1, 0.15) is 50.1 Å². The summed E-state index contributed by atoms with van der Waals surface area (Å²) in [5.74, 6) is 0.906. The summed E-state index contributed by atoms with van der Waals surface area (Å²) >= 11 is 0. The monoisotopic (exact) mass is 317 g/mol. The summed E-state index contributed by atoms with van der Waals surface area (Å²) in [7, 11) is 0. The lowest BCUT2D eigenvalue weighted by atomic mass is 10.1. The van der Waals surface area contributed by atoms with Crippen molar-refractivity contribution in [3.8, 4) is 5.75 Å². The molecule has 0 aliphatic heterocycles. The second kappa shape index (κ2) is 9.30. The first-order chi connectivity index (χ1) is 11.3. The Morgan fingerprint density at radius 2 is 1.91 bits per heavy atom. The molecule has 2 aromatic rings. The fraction of sp³-hybridized carbons (Fsp3) is 0.556. The highest BCUT2D eigenvalue weighted by Crippen LogP contribution is 2.14. The third-order valence-corrected chi connectivity index (χ3v) is 3.95. The third-order valence-electron chi connectivity index (χ3n) is 3.95. The maximum absolute atomic E-state index is 9.35. The molecular weight excluding hydrogens is 290 g/mol. The van der Waals surface area contributed by atoms with Gasteiger partial charge in [0.25, 0.3) is 0 Å². The second-order valence-electron chi connectivity index (χ2n) is 5.67. The lowest BCUT2D eigenvalue weighted by molar-refractivity contribution is 0.275. The first kappa shape index (κ1) is 17.5. The molecule has 0 amide bonds. The molecule has 0 radical (unpaired) electrons. The highest BCUT2D eigenvalue weighted by atomic mass is 16.5. The zero-order chi connectivity index (χ0) is 16.5. The van der Waals surface area contributed by atoms with Crippen molar-refractivity contribution in [3.05, 3.63) is 41.2 Å². The summed E-state index contributed by atoms with van der Waals surface area (Å²) in [5, 5.41) is 17.6. The second-order valence-corrected chi connectivity index (χ2v) is 5.67. The van der Waals surface area contributed by atoms with Gasteiger partial charge in [0.1, 0.15) is 11.4 Å². The van der Waals surface area contributed by atoms with Crippen molar-refractivity contribution in [1.29, 1.82) is 0 Å². The van der Waals surface area contributed by atoms with Gasteiger partial charge in [-0.25, -0.2) is 4.68 Å². The normalized spacial score (nSPS) is 10.9. The molecule has 0 fully saturated rings. The topological polar surface area (TPSA) is 60.2 Å². The Labute approximate surface area is 138 Å². The minimum Gasteiger partial charge on any atom is -0.494 e. The number of hydrogen-bond donors (Lipinski definition) is 1. The average molecular weight is 317 g/mol. The van der Waals surface area contributed by atoms with Gasteiger partial charge in [0.15, 0.2) is 0 Å². The summed E-state index contributed by atoms with van der Waals surface area (Å²) < 4.78 is 7.68. The quantitative estimate of drug-likeness (QED) is 0.684. The molecule has 0 saturated heterocycles. The van der Waals surface area contributed by atoms with Crippen molar-refractivity contribution in [2.24, 2.45) is 0 Å². The average Bonchev–Trinajstić information content (AvgIpc) is 2.99. The molecule has 2 rings (SSSR count). The van der Waals surface area contributed by atoms with Crippen molar-refractivity contribution in [2.45, 2.75) is 59.1 Å². The summed E-state index contributed by atoms with van der Waals surface area (Å²) in [6, 6.07) is 8.24. The number of aliphatic hydroxyl groups excluding tert-OH is 1. The Morgan fingerprint density at radius 3 is 2.57 bits per heavy atom. The minimum absolute atomic E-state index is 0.0423. The molecule has 0 atom stereocenters. The lowest BCUT2D eigenvalue weighted by Crippen LogP contribution is -2.10. The van der Waals surface area contributed by atoms with Gasteiger partial charge in [0.2, 0.25) is 0 Å². The van der Waals surface area contributed by atoms with Gasteiger partial charge < -0.3 is 9.84 Å². The molecule has 0 spiro atoms. The van der Waals surface area contributed by atoms with Gasteiger partial charge in [-0.2, -0.15) is 0 Å². The first-order valence-corrected chi connectivity index (χ1v) is 8.52. The molecule has 1 aromatic heterocycles. The van der Waals surface area contributed by atoms with Crippen LogP contribution < -0.4 is 4.74 Å². The van der Waals surface area contributed by atoms with Crippen LogP contribution in [0.4, 0.5) is 0 Å². The van der Waals surface area contributed by atoms with Gasteiger partial charge in [-0.15, -0.1) is 5.10 Å². The molecular formula is C18H27N3O2. The van der Waals surface area contributed by atoms with Crippen LogP contribution in [-0.2, 0) is 26.0 Å². The summed E-state index contributed by atoms with van der Waals surface area (Å²) in [6.07, 6.45) is 5.02. The van der Waals surface area contributed by atoms with E-state index in [0.717, 1.165) is 50.1 Å². The Hall–Kier alpha value is -1.88. The minimum atomic E-state index is -0.0423. The zero-order valence-corrected chi connectivity index (χ0v) is 14.2. The standard InChI is InChI=1S/C18H27N3O2/c1-3-5-7-18-17(14-22)19-20-21(18)12-6-13-23-16-10-8-15(4-2)9-11-16/h8-11,22H,3-7,12-14H2,1-2H3. The van der Waals surface area contributed by atoms with Crippen molar-refractivity contribution in [2.75, 3.05) is 6.61 Å². The number of unbranched alkanes of at least 4 members (excludes halogenated alkanes) is 1.